The summed E-state index contributed by atoms with van der Waals surface area (Å²) in [6.07, 6.45) is 0. The van der Waals surface area contributed by atoms with Crippen LogP contribution in [-0.2, 0) is 16.6 Å². The van der Waals surface area contributed by atoms with Crippen LogP contribution >= 0.6 is 0 Å². The van der Waals surface area contributed by atoms with Crippen molar-refractivity contribution in [3.63, 3.8) is 0 Å². The molecule has 0 unspecified atom stereocenters. The monoisotopic (exact) mass is 454 g/mol. The van der Waals surface area contributed by atoms with Gasteiger partial charge in [0.25, 0.3) is 5.91 Å². The highest BCUT2D eigenvalue weighted by atomic mass is 32.2. The van der Waals surface area contributed by atoms with Gasteiger partial charge in [0.05, 0.1) is 18.6 Å². The predicted molar refractivity (Wildman–Crippen MR) is 122 cm³/mol. The number of carbonyl (C=O) groups excluding carboxylic acids is 1. The van der Waals surface area contributed by atoms with E-state index in [9.17, 15) is 13.2 Å². The summed E-state index contributed by atoms with van der Waals surface area (Å²) in [7, 11) is -2.17. The highest BCUT2D eigenvalue weighted by Crippen LogP contribution is 2.18. The number of methoxy groups -OCH3 is 1. The van der Waals surface area contributed by atoms with Gasteiger partial charge >= 0.3 is 0 Å². The van der Waals surface area contributed by atoms with Gasteiger partial charge in [0.1, 0.15) is 18.1 Å². The molecule has 0 spiro atoms. The third kappa shape index (κ3) is 6.32. The van der Waals surface area contributed by atoms with Crippen LogP contribution in [0.25, 0.3) is 0 Å². The molecular weight excluding hydrogens is 428 g/mol. The lowest BCUT2D eigenvalue weighted by Gasteiger charge is -2.12. The van der Waals surface area contributed by atoms with Gasteiger partial charge in [-0.05, 0) is 54.4 Å². The van der Waals surface area contributed by atoms with Crippen LogP contribution in [0.4, 0.5) is 0 Å². The number of hydrogen-bond donors (Lipinski definition) is 2. The molecule has 32 heavy (non-hydrogen) atoms. The number of carbonyl (C=O) groups is 1. The lowest BCUT2D eigenvalue weighted by Crippen LogP contribution is -2.29. The maximum absolute atomic E-state index is 12.7. The number of ether oxygens (including phenoxy) is 2. The summed E-state index contributed by atoms with van der Waals surface area (Å²) < 4.78 is 38.6. The normalized spacial score (nSPS) is 11.1. The smallest absolute Gasteiger partial charge is 0.251 e. The summed E-state index contributed by atoms with van der Waals surface area (Å²) in [6, 6.07) is 20.9. The average Bonchev–Trinajstić information content (AvgIpc) is 2.81. The second-order valence-corrected chi connectivity index (χ2v) is 8.83. The summed E-state index contributed by atoms with van der Waals surface area (Å²) in [5, 5.41) is 2.77. The Morgan fingerprint density at radius 2 is 1.62 bits per heavy atom. The van der Waals surface area contributed by atoms with Crippen molar-refractivity contribution in [1.29, 1.82) is 0 Å². The largest absolute Gasteiger partial charge is 0.497 e. The zero-order valence-corrected chi connectivity index (χ0v) is 18.8. The Hall–Kier alpha value is -3.36. The van der Waals surface area contributed by atoms with Crippen molar-refractivity contribution in [3.05, 3.63) is 89.5 Å². The molecule has 0 aliphatic heterocycles. The molecule has 3 aromatic carbocycles. The Morgan fingerprint density at radius 3 is 2.31 bits per heavy atom. The standard InChI is InChI=1S/C24H26N2O5S/c1-18-8-13-22(32(28,29)26-17-19-6-4-3-5-7-19)16-23(18)24(27)25-14-15-31-21-11-9-20(30-2)10-12-21/h3-13,16,26H,14-15,17H2,1-2H3,(H,25,27). The van der Waals surface area contributed by atoms with Gasteiger partial charge in [-0.3, -0.25) is 4.79 Å². The Morgan fingerprint density at radius 1 is 0.938 bits per heavy atom. The molecule has 7 nitrogen and oxygen atoms in total. The van der Waals surface area contributed by atoms with E-state index in [2.05, 4.69) is 10.0 Å². The van der Waals surface area contributed by atoms with E-state index in [0.717, 1.165) is 11.3 Å². The van der Waals surface area contributed by atoms with Gasteiger partial charge in [-0.2, -0.15) is 0 Å². The van der Waals surface area contributed by atoms with Crippen LogP contribution in [0.3, 0.4) is 0 Å². The number of sulfonamides is 1. The average molecular weight is 455 g/mol. The van der Waals surface area contributed by atoms with Crippen LogP contribution in [0.5, 0.6) is 11.5 Å². The summed E-state index contributed by atoms with van der Waals surface area (Å²) >= 11 is 0. The molecule has 0 fully saturated rings. The summed E-state index contributed by atoms with van der Waals surface area (Å²) in [5.41, 5.74) is 1.83. The van der Waals surface area contributed by atoms with Gasteiger partial charge in [-0.15, -0.1) is 0 Å². The lowest BCUT2D eigenvalue weighted by molar-refractivity contribution is 0.0946. The van der Waals surface area contributed by atoms with Crippen LogP contribution in [0.15, 0.2) is 77.7 Å². The first-order valence-electron chi connectivity index (χ1n) is 10.1. The number of rotatable bonds is 10. The van der Waals surface area contributed by atoms with Crippen molar-refractivity contribution < 1.29 is 22.7 Å². The second-order valence-electron chi connectivity index (χ2n) is 7.07. The lowest BCUT2D eigenvalue weighted by atomic mass is 10.1. The molecule has 168 valence electrons. The summed E-state index contributed by atoms with van der Waals surface area (Å²) in [5.74, 6) is 1.03. The number of nitrogens with one attached hydrogen (secondary N) is 2. The van der Waals surface area contributed by atoms with Crippen molar-refractivity contribution in [3.8, 4) is 11.5 Å². The Kier molecular flexibility index (Phi) is 7.86. The van der Waals surface area contributed by atoms with Crippen molar-refractivity contribution in [2.24, 2.45) is 0 Å². The van der Waals surface area contributed by atoms with E-state index in [4.69, 9.17) is 9.47 Å². The van der Waals surface area contributed by atoms with Crippen LogP contribution in [0.2, 0.25) is 0 Å². The molecule has 0 saturated heterocycles. The van der Waals surface area contributed by atoms with Crippen molar-refractivity contribution >= 4 is 15.9 Å². The fourth-order valence-electron chi connectivity index (χ4n) is 2.97. The molecule has 0 aliphatic rings. The minimum atomic E-state index is -3.76. The molecule has 0 aromatic heterocycles. The minimum Gasteiger partial charge on any atom is -0.497 e. The van der Waals surface area contributed by atoms with Crippen molar-refractivity contribution in [2.45, 2.75) is 18.4 Å². The number of benzene rings is 3. The predicted octanol–water partition coefficient (Wildman–Crippen LogP) is 3.29. The van der Waals surface area contributed by atoms with E-state index >= 15 is 0 Å². The fourth-order valence-corrected chi connectivity index (χ4v) is 4.01. The Labute approximate surface area is 188 Å². The van der Waals surface area contributed by atoms with E-state index in [-0.39, 0.29) is 30.5 Å². The Bertz CT molecular complexity index is 1150. The van der Waals surface area contributed by atoms with E-state index in [1.165, 1.54) is 12.1 Å². The molecule has 0 heterocycles. The first-order valence-corrected chi connectivity index (χ1v) is 11.6. The molecule has 3 aromatic rings. The summed E-state index contributed by atoms with van der Waals surface area (Å²) in [6.45, 7) is 2.47. The first-order chi connectivity index (χ1) is 15.4. The molecule has 0 aliphatic carbocycles. The highest BCUT2D eigenvalue weighted by Gasteiger charge is 2.18. The topological polar surface area (TPSA) is 93.7 Å². The molecule has 8 heteroatoms. The van der Waals surface area contributed by atoms with E-state index in [1.54, 1.807) is 44.4 Å². The number of amides is 1. The molecule has 0 bridgehead atoms. The third-order valence-electron chi connectivity index (χ3n) is 4.79. The number of hydrogen-bond acceptors (Lipinski definition) is 5. The molecule has 0 atom stereocenters. The molecule has 0 radical (unpaired) electrons. The van der Waals surface area contributed by atoms with Gasteiger partial charge in [-0.25, -0.2) is 13.1 Å². The van der Waals surface area contributed by atoms with Crippen molar-refractivity contribution in [2.75, 3.05) is 20.3 Å². The Balaban J connectivity index is 1.58. The maximum Gasteiger partial charge on any atom is 0.251 e. The van der Waals surface area contributed by atoms with E-state index in [0.29, 0.717) is 16.9 Å². The summed E-state index contributed by atoms with van der Waals surface area (Å²) in [4.78, 5) is 12.7. The molecule has 2 N–H and O–H groups in total. The maximum atomic E-state index is 12.7. The minimum absolute atomic E-state index is 0.0404. The van der Waals surface area contributed by atoms with Crippen molar-refractivity contribution in [1.82, 2.24) is 10.0 Å². The fraction of sp³-hybridized carbons (Fsp3) is 0.208. The van der Waals surface area contributed by atoms with Crippen LogP contribution in [0.1, 0.15) is 21.5 Å². The van der Waals surface area contributed by atoms with E-state index in [1.807, 2.05) is 30.3 Å². The zero-order chi connectivity index (χ0) is 23.0. The van der Waals surface area contributed by atoms with E-state index < -0.39 is 10.0 Å². The molecular formula is C24H26N2O5S. The highest BCUT2D eigenvalue weighted by molar-refractivity contribution is 7.89. The number of aryl methyl sites for hydroxylation is 1. The van der Waals surface area contributed by atoms with Crippen LogP contribution in [-0.4, -0.2) is 34.6 Å². The van der Waals surface area contributed by atoms with Gasteiger partial charge in [0, 0.05) is 12.1 Å². The quantitative estimate of drug-likeness (QED) is 0.459. The zero-order valence-electron chi connectivity index (χ0n) is 18.0. The molecule has 0 saturated carbocycles. The first kappa shape index (κ1) is 23.3. The molecule has 3 rings (SSSR count). The third-order valence-corrected chi connectivity index (χ3v) is 6.19. The van der Waals surface area contributed by atoms with Gasteiger partial charge < -0.3 is 14.8 Å². The van der Waals surface area contributed by atoms with Gasteiger partial charge in [0.2, 0.25) is 10.0 Å². The van der Waals surface area contributed by atoms with Crippen LogP contribution < -0.4 is 19.5 Å². The SMILES string of the molecule is COc1ccc(OCCNC(=O)c2cc(S(=O)(=O)NCc3ccccc3)ccc2C)cc1. The second kappa shape index (κ2) is 10.8. The van der Waals surface area contributed by atoms with Crippen LogP contribution in [0, 0.1) is 6.92 Å². The molecule has 1 amide bonds. The van der Waals surface area contributed by atoms with Gasteiger partial charge in [0.15, 0.2) is 0 Å². The van der Waals surface area contributed by atoms with Gasteiger partial charge in [-0.1, -0.05) is 36.4 Å².